The molecule has 0 aliphatic rings. The average molecular weight is 412 g/mol. The maximum Gasteiger partial charge on any atom is 0.414 e. The lowest BCUT2D eigenvalue weighted by molar-refractivity contribution is -0.384. The van der Waals surface area contributed by atoms with Crippen molar-refractivity contribution in [2.45, 2.75) is 26.4 Å². The molecule has 0 aliphatic heterocycles. The summed E-state index contributed by atoms with van der Waals surface area (Å²) < 4.78 is 11.1. The molecule has 11 nitrogen and oxygen atoms in total. The Kier molecular flexibility index (Phi) is 5.63. The molecule has 156 valence electrons. The number of hydrogen-bond donors (Lipinski definition) is 1. The van der Waals surface area contributed by atoms with Crippen LogP contribution in [0.15, 0.2) is 42.5 Å². The number of anilines is 1. The van der Waals surface area contributed by atoms with Crippen LogP contribution in [0.3, 0.4) is 0 Å². The van der Waals surface area contributed by atoms with Crippen molar-refractivity contribution in [3.63, 3.8) is 0 Å². The predicted molar refractivity (Wildman–Crippen MR) is 107 cm³/mol. The Morgan fingerprint density at radius 3 is 2.37 bits per heavy atom. The van der Waals surface area contributed by atoms with Crippen LogP contribution in [0.2, 0.25) is 0 Å². The van der Waals surface area contributed by atoms with E-state index < -0.39 is 16.6 Å². The zero-order valence-corrected chi connectivity index (χ0v) is 16.8. The summed E-state index contributed by atoms with van der Waals surface area (Å²) in [6.07, 6.45) is -0.715. The van der Waals surface area contributed by atoms with Crippen molar-refractivity contribution < 1.29 is 19.2 Å². The number of ether oxygens (including phenoxy) is 2. The molecule has 0 bridgehead atoms. The minimum atomic E-state index is -0.741. The molecule has 0 spiro atoms. The van der Waals surface area contributed by atoms with Gasteiger partial charge in [-0.25, -0.2) is 9.89 Å². The van der Waals surface area contributed by atoms with Crippen LogP contribution in [0.4, 0.5) is 16.2 Å². The number of nitrogens with zero attached hydrogens (tertiary/aromatic N) is 5. The van der Waals surface area contributed by atoms with Crippen molar-refractivity contribution in [2.75, 3.05) is 11.9 Å². The fourth-order valence-electron chi connectivity index (χ4n) is 2.52. The first-order chi connectivity index (χ1) is 14.1. The number of nitro benzene ring substituents is 1. The van der Waals surface area contributed by atoms with Crippen LogP contribution in [-0.2, 0) is 4.74 Å². The molecule has 1 N–H and O–H groups in total. The van der Waals surface area contributed by atoms with E-state index in [0.717, 1.165) is 10.5 Å². The van der Waals surface area contributed by atoms with E-state index in [4.69, 9.17) is 9.47 Å². The zero-order chi connectivity index (χ0) is 21.9. The van der Waals surface area contributed by atoms with E-state index in [0.29, 0.717) is 17.3 Å². The number of nitrogens with one attached hydrogen (secondary N) is 1. The number of H-pyrrole nitrogens is 1. The number of rotatable bonds is 5. The molecule has 0 atom stereocenters. The number of carbonyl (C=O) groups is 1. The fraction of sp³-hybridized carbons (Fsp3) is 0.263. The lowest BCUT2D eigenvalue weighted by Crippen LogP contribution is -2.34. The minimum Gasteiger partial charge on any atom is -0.457 e. The summed E-state index contributed by atoms with van der Waals surface area (Å²) in [6.45, 7) is 5.14. The molecule has 11 heteroatoms. The van der Waals surface area contributed by atoms with Gasteiger partial charge in [0.1, 0.15) is 22.8 Å². The molecular formula is C19H20N6O5. The lowest BCUT2D eigenvalue weighted by atomic mass is 10.2. The second-order valence-electron chi connectivity index (χ2n) is 7.32. The van der Waals surface area contributed by atoms with Crippen LogP contribution in [0.25, 0.3) is 11.4 Å². The first-order valence-corrected chi connectivity index (χ1v) is 8.91. The Morgan fingerprint density at radius 2 is 1.80 bits per heavy atom. The molecule has 3 aromatic rings. The molecular weight excluding hydrogens is 392 g/mol. The highest BCUT2D eigenvalue weighted by molar-refractivity contribution is 5.90. The van der Waals surface area contributed by atoms with Gasteiger partial charge < -0.3 is 9.47 Å². The Morgan fingerprint density at radius 1 is 1.13 bits per heavy atom. The minimum absolute atomic E-state index is 0.0519. The highest BCUT2D eigenvalue weighted by Crippen LogP contribution is 2.34. The van der Waals surface area contributed by atoms with E-state index in [1.165, 1.54) is 25.2 Å². The van der Waals surface area contributed by atoms with Crippen molar-refractivity contribution in [3.8, 4) is 22.9 Å². The Balaban J connectivity index is 1.85. The number of aromatic amines is 1. The normalized spacial score (nSPS) is 11.1. The average Bonchev–Trinajstić information content (AvgIpc) is 3.21. The molecule has 30 heavy (non-hydrogen) atoms. The van der Waals surface area contributed by atoms with E-state index in [2.05, 4.69) is 20.6 Å². The Labute approximate surface area is 171 Å². The van der Waals surface area contributed by atoms with E-state index in [1.54, 1.807) is 45.0 Å². The van der Waals surface area contributed by atoms with Crippen LogP contribution in [0.1, 0.15) is 20.8 Å². The van der Waals surface area contributed by atoms with Crippen molar-refractivity contribution in [1.82, 2.24) is 20.6 Å². The number of carbonyl (C=O) groups excluding carboxylic acids is 1. The van der Waals surface area contributed by atoms with Gasteiger partial charge in [-0.1, -0.05) is 0 Å². The molecule has 0 saturated heterocycles. The molecule has 0 fully saturated rings. The van der Waals surface area contributed by atoms with Gasteiger partial charge in [-0.05, 0) is 61.5 Å². The standard InChI is InChI=1S/C19H20N6O5/c1-19(2,3)30-18(26)24(4)16-11-14(9-10-15(16)25(27)28)29-13-7-5-12(6-8-13)17-20-22-23-21-17/h5-11H,1-4H3,(H,20,21,22,23). The van der Waals surface area contributed by atoms with Crippen LogP contribution in [-0.4, -0.2) is 44.3 Å². The summed E-state index contributed by atoms with van der Waals surface area (Å²) in [5, 5.41) is 25.0. The topological polar surface area (TPSA) is 136 Å². The number of amides is 1. The molecule has 2 aromatic carbocycles. The number of aromatic nitrogens is 4. The zero-order valence-electron chi connectivity index (χ0n) is 16.8. The van der Waals surface area contributed by atoms with Crippen LogP contribution >= 0.6 is 0 Å². The van der Waals surface area contributed by atoms with Crippen molar-refractivity contribution >= 4 is 17.5 Å². The first kappa shape index (κ1) is 20.7. The van der Waals surface area contributed by atoms with Crippen molar-refractivity contribution in [1.29, 1.82) is 0 Å². The molecule has 1 aromatic heterocycles. The van der Waals surface area contributed by atoms with Gasteiger partial charge in [0.15, 0.2) is 5.82 Å². The summed E-state index contributed by atoms with van der Waals surface area (Å²) in [5.74, 6) is 1.32. The monoisotopic (exact) mass is 412 g/mol. The maximum atomic E-state index is 12.4. The van der Waals surface area contributed by atoms with E-state index in [9.17, 15) is 14.9 Å². The largest absolute Gasteiger partial charge is 0.457 e. The number of tetrazole rings is 1. The predicted octanol–water partition coefficient (Wildman–Crippen LogP) is 3.94. The number of nitro groups is 1. The van der Waals surface area contributed by atoms with E-state index in [-0.39, 0.29) is 11.4 Å². The second-order valence-corrected chi connectivity index (χ2v) is 7.32. The van der Waals surface area contributed by atoms with Crippen molar-refractivity contribution in [2.24, 2.45) is 0 Å². The lowest BCUT2D eigenvalue weighted by Gasteiger charge is -2.24. The fourth-order valence-corrected chi connectivity index (χ4v) is 2.52. The van der Waals surface area contributed by atoms with Crippen LogP contribution in [0.5, 0.6) is 11.5 Å². The van der Waals surface area contributed by atoms with Gasteiger partial charge in [-0.3, -0.25) is 15.0 Å². The quantitative estimate of drug-likeness (QED) is 0.491. The van der Waals surface area contributed by atoms with E-state index in [1.807, 2.05) is 0 Å². The van der Waals surface area contributed by atoms with Gasteiger partial charge in [-0.15, -0.1) is 5.10 Å². The Hall–Kier alpha value is -4.02. The highest BCUT2D eigenvalue weighted by Gasteiger charge is 2.26. The molecule has 0 radical (unpaired) electrons. The molecule has 0 unspecified atom stereocenters. The Bertz CT molecular complexity index is 1040. The number of hydrogen-bond acceptors (Lipinski definition) is 8. The third-order valence-electron chi connectivity index (χ3n) is 3.88. The van der Waals surface area contributed by atoms with Gasteiger partial charge in [-0.2, -0.15) is 0 Å². The summed E-state index contributed by atoms with van der Waals surface area (Å²) in [7, 11) is 1.40. The molecule has 1 amide bonds. The van der Waals surface area contributed by atoms with Gasteiger partial charge in [0.05, 0.1) is 4.92 Å². The van der Waals surface area contributed by atoms with Gasteiger partial charge in [0, 0.05) is 24.7 Å². The maximum absolute atomic E-state index is 12.4. The van der Waals surface area contributed by atoms with Gasteiger partial charge >= 0.3 is 6.09 Å². The second kappa shape index (κ2) is 8.15. The van der Waals surface area contributed by atoms with Gasteiger partial charge in [0.25, 0.3) is 5.69 Å². The van der Waals surface area contributed by atoms with Crippen molar-refractivity contribution in [3.05, 3.63) is 52.6 Å². The number of benzene rings is 2. The summed E-state index contributed by atoms with van der Waals surface area (Å²) in [5.41, 5.74) is -0.170. The molecule has 1 heterocycles. The van der Waals surface area contributed by atoms with Crippen LogP contribution in [0, 0.1) is 10.1 Å². The smallest absolute Gasteiger partial charge is 0.414 e. The summed E-state index contributed by atoms with van der Waals surface area (Å²) in [6, 6.07) is 11.1. The van der Waals surface area contributed by atoms with Gasteiger partial charge in [0.2, 0.25) is 0 Å². The molecule has 3 rings (SSSR count). The van der Waals surface area contributed by atoms with Crippen LogP contribution < -0.4 is 9.64 Å². The first-order valence-electron chi connectivity index (χ1n) is 8.91. The summed E-state index contributed by atoms with van der Waals surface area (Å²) in [4.78, 5) is 24.3. The third-order valence-corrected chi connectivity index (χ3v) is 3.88. The highest BCUT2D eigenvalue weighted by atomic mass is 16.6. The molecule has 0 saturated carbocycles. The third kappa shape index (κ3) is 4.87. The SMILES string of the molecule is CN(C(=O)OC(C)(C)C)c1cc(Oc2ccc(-c3nnn[nH]3)cc2)ccc1[N+](=O)[O-]. The van der Waals surface area contributed by atoms with E-state index >= 15 is 0 Å². The summed E-state index contributed by atoms with van der Waals surface area (Å²) >= 11 is 0. The molecule has 0 aliphatic carbocycles.